The fourth-order valence-electron chi connectivity index (χ4n) is 3.80. The standard InChI is InChI=1S/C26H28N2O5/c1-5-14-27-24(30)22(15-23(29)33-26(2,3)4)28-25(31)32-16-21-19-12-8-6-10-17(19)18-11-7-9-13-20(18)21/h1,6-13,21-22H,14-16H2,2-4H3,(H,27,30)(H,28,31)/t22-/m0/s1. The van der Waals surface area contributed by atoms with Crippen molar-refractivity contribution in [2.45, 2.75) is 44.8 Å². The SMILES string of the molecule is C#CCNC(=O)[C@H](CC(=O)OC(C)(C)C)NC(=O)OCC1c2ccccc2-c2ccccc21. The summed E-state index contributed by atoms with van der Waals surface area (Å²) in [5.74, 6) is 0.952. The van der Waals surface area contributed by atoms with Gasteiger partial charge in [-0.05, 0) is 43.0 Å². The second kappa shape index (κ2) is 10.2. The lowest BCUT2D eigenvalue weighted by Crippen LogP contribution is -2.48. The molecular formula is C26H28N2O5. The molecule has 1 aliphatic carbocycles. The number of carbonyl (C=O) groups is 3. The quantitative estimate of drug-likeness (QED) is 0.500. The maximum Gasteiger partial charge on any atom is 0.407 e. The summed E-state index contributed by atoms with van der Waals surface area (Å²) in [5.41, 5.74) is 3.64. The predicted molar refractivity (Wildman–Crippen MR) is 124 cm³/mol. The van der Waals surface area contributed by atoms with Crippen molar-refractivity contribution < 1.29 is 23.9 Å². The molecule has 0 heterocycles. The third-order valence-corrected chi connectivity index (χ3v) is 5.11. The van der Waals surface area contributed by atoms with Crippen LogP contribution in [0.2, 0.25) is 0 Å². The zero-order chi connectivity index (χ0) is 24.0. The van der Waals surface area contributed by atoms with E-state index >= 15 is 0 Å². The van der Waals surface area contributed by atoms with Crippen LogP contribution in [0.1, 0.15) is 44.2 Å². The molecule has 7 heteroatoms. The first kappa shape index (κ1) is 23.9. The van der Waals surface area contributed by atoms with Gasteiger partial charge in [0, 0.05) is 5.92 Å². The number of amides is 2. The fourth-order valence-corrected chi connectivity index (χ4v) is 3.80. The minimum atomic E-state index is -1.18. The van der Waals surface area contributed by atoms with Gasteiger partial charge in [0.2, 0.25) is 5.91 Å². The molecule has 172 valence electrons. The van der Waals surface area contributed by atoms with Crippen molar-refractivity contribution in [1.82, 2.24) is 10.6 Å². The molecule has 33 heavy (non-hydrogen) atoms. The summed E-state index contributed by atoms with van der Waals surface area (Å²) in [7, 11) is 0. The number of alkyl carbamates (subject to hydrolysis) is 1. The molecule has 7 nitrogen and oxygen atoms in total. The summed E-state index contributed by atoms with van der Waals surface area (Å²) in [6, 6.07) is 14.8. The number of hydrogen-bond acceptors (Lipinski definition) is 5. The molecular weight excluding hydrogens is 420 g/mol. The zero-order valence-electron chi connectivity index (χ0n) is 19.0. The molecule has 1 atom stereocenters. The summed E-state index contributed by atoms with van der Waals surface area (Å²) in [5, 5.41) is 4.95. The topological polar surface area (TPSA) is 93.7 Å². The first-order chi connectivity index (χ1) is 15.7. The Bertz CT molecular complexity index is 1040. The smallest absolute Gasteiger partial charge is 0.407 e. The van der Waals surface area contributed by atoms with E-state index < -0.39 is 29.6 Å². The molecule has 0 aromatic heterocycles. The van der Waals surface area contributed by atoms with E-state index in [-0.39, 0.29) is 25.5 Å². The summed E-state index contributed by atoms with van der Waals surface area (Å²) in [6.45, 7) is 5.22. The van der Waals surface area contributed by atoms with Gasteiger partial charge in [0.15, 0.2) is 0 Å². The van der Waals surface area contributed by atoms with Gasteiger partial charge in [-0.3, -0.25) is 9.59 Å². The van der Waals surface area contributed by atoms with Crippen molar-refractivity contribution in [3.63, 3.8) is 0 Å². The van der Waals surface area contributed by atoms with Gasteiger partial charge in [-0.1, -0.05) is 54.5 Å². The fraction of sp³-hybridized carbons (Fsp3) is 0.346. The molecule has 0 bridgehead atoms. The maximum atomic E-state index is 12.6. The van der Waals surface area contributed by atoms with Gasteiger partial charge in [-0.25, -0.2) is 4.79 Å². The highest BCUT2D eigenvalue weighted by Crippen LogP contribution is 2.44. The third-order valence-electron chi connectivity index (χ3n) is 5.11. The number of fused-ring (bicyclic) bond motifs is 3. The Morgan fingerprint density at radius 2 is 1.61 bits per heavy atom. The average molecular weight is 449 g/mol. The number of nitrogens with one attached hydrogen (secondary N) is 2. The van der Waals surface area contributed by atoms with Crippen LogP contribution in [0.5, 0.6) is 0 Å². The molecule has 2 aromatic carbocycles. The van der Waals surface area contributed by atoms with Crippen molar-refractivity contribution >= 4 is 18.0 Å². The molecule has 0 spiro atoms. The largest absolute Gasteiger partial charge is 0.460 e. The molecule has 2 N–H and O–H groups in total. The van der Waals surface area contributed by atoms with E-state index in [1.807, 2.05) is 48.5 Å². The van der Waals surface area contributed by atoms with Gasteiger partial charge in [0.1, 0.15) is 18.2 Å². The summed E-state index contributed by atoms with van der Waals surface area (Å²) in [6.07, 6.45) is 4.04. The number of ether oxygens (including phenoxy) is 2. The normalized spacial score (nSPS) is 13.2. The lowest BCUT2D eigenvalue weighted by atomic mass is 9.98. The van der Waals surface area contributed by atoms with Crippen LogP contribution in [0, 0.1) is 12.3 Å². The minimum absolute atomic E-state index is 0.0317. The van der Waals surface area contributed by atoms with Crippen LogP contribution in [-0.4, -0.2) is 42.8 Å². The van der Waals surface area contributed by atoms with Crippen molar-refractivity contribution in [3.05, 3.63) is 59.7 Å². The van der Waals surface area contributed by atoms with E-state index in [1.54, 1.807) is 20.8 Å². The van der Waals surface area contributed by atoms with Crippen molar-refractivity contribution in [2.24, 2.45) is 0 Å². The molecule has 0 radical (unpaired) electrons. The Balaban J connectivity index is 1.67. The predicted octanol–water partition coefficient (Wildman–Crippen LogP) is 3.37. The molecule has 0 fully saturated rings. The second-order valence-corrected chi connectivity index (χ2v) is 8.73. The van der Waals surface area contributed by atoms with Crippen LogP contribution < -0.4 is 10.6 Å². The number of terminal acetylenes is 1. The molecule has 2 amide bonds. The van der Waals surface area contributed by atoms with E-state index in [1.165, 1.54) is 0 Å². The van der Waals surface area contributed by atoms with E-state index in [2.05, 4.69) is 16.6 Å². The highest BCUT2D eigenvalue weighted by molar-refractivity contribution is 5.89. The van der Waals surface area contributed by atoms with Gasteiger partial charge in [0.25, 0.3) is 0 Å². The third kappa shape index (κ3) is 6.13. The Morgan fingerprint density at radius 1 is 1.03 bits per heavy atom. The molecule has 1 aliphatic rings. The molecule has 0 aliphatic heterocycles. The number of esters is 1. The van der Waals surface area contributed by atoms with Gasteiger partial charge in [-0.2, -0.15) is 0 Å². The second-order valence-electron chi connectivity index (χ2n) is 8.73. The Morgan fingerprint density at radius 3 is 2.15 bits per heavy atom. The monoisotopic (exact) mass is 448 g/mol. The molecule has 3 rings (SSSR count). The van der Waals surface area contributed by atoms with Gasteiger partial charge < -0.3 is 20.1 Å². The van der Waals surface area contributed by atoms with E-state index in [0.29, 0.717) is 0 Å². The molecule has 0 unspecified atom stereocenters. The first-order valence-corrected chi connectivity index (χ1v) is 10.7. The maximum absolute atomic E-state index is 12.6. The van der Waals surface area contributed by atoms with Crippen LogP contribution in [0.3, 0.4) is 0 Å². The number of hydrogen-bond donors (Lipinski definition) is 2. The first-order valence-electron chi connectivity index (χ1n) is 10.7. The van der Waals surface area contributed by atoms with Crippen molar-refractivity contribution in [1.29, 1.82) is 0 Å². The number of carbonyl (C=O) groups excluding carboxylic acids is 3. The van der Waals surface area contributed by atoms with Crippen molar-refractivity contribution in [3.8, 4) is 23.5 Å². The highest BCUT2D eigenvalue weighted by atomic mass is 16.6. The molecule has 0 saturated heterocycles. The summed E-state index contributed by atoms with van der Waals surface area (Å²) < 4.78 is 10.8. The van der Waals surface area contributed by atoms with Gasteiger partial charge in [0.05, 0.1) is 13.0 Å². The highest BCUT2D eigenvalue weighted by Gasteiger charge is 2.31. The Labute approximate surface area is 193 Å². The van der Waals surface area contributed by atoms with E-state index in [9.17, 15) is 14.4 Å². The van der Waals surface area contributed by atoms with Crippen LogP contribution in [0.4, 0.5) is 4.79 Å². The average Bonchev–Trinajstić information content (AvgIpc) is 3.08. The van der Waals surface area contributed by atoms with Gasteiger partial charge >= 0.3 is 12.1 Å². The lowest BCUT2D eigenvalue weighted by molar-refractivity contribution is -0.156. The van der Waals surface area contributed by atoms with Crippen molar-refractivity contribution in [2.75, 3.05) is 13.2 Å². The van der Waals surface area contributed by atoms with E-state index in [0.717, 1.165) is 22.3 Å². The Hall–Kier alpha value is -3.79. The summed E-state index contributed by atoms with van der Waals surface area (Å²) in [4.78, 5) is 37.3. The van der Waals surface area contributed by atoms with Crippen LogP contribution in [0.15, 0.2) is 48.5 Å². The Kier molecular flexibility index (Phi) is 7.39. The lowest BCUT2D eigenvalue weighted by Gasteiger charge is -2.22. The van der Waals surface area contributed by atoms with Crippen LogP contribution in [-0.2, 0) is 19.1 Å². The van der Waals surface area contributed by atoms with Crippen LogP contribution >= 0.6 is 0 Å². The van der Waals surface area contributed by atoms with E-state index in [4.69, 9.17) is 15.9 Å². The zero-order valence-corrected chi connectivity index (χ0v) is 19.0. The number of rotatable bonds is 7. The molecule has 0 saturated carbocycles. The van der Waals surface area contributed by atoms with Gasteiger partial charge in [-0.15, -0.1) is 6.42 Å². The molecule has 2 aromatic rings. The summed E-state index contributed by atoms with van der Waals surface area (Å²) >= 11 is 0. The minimum Gasteiger partial charge on any atom is -0.460 e. The number of benzene rings is 2. The van der Waals surface area contributed by atoms with Crippen LogP contribution in [0.25, 0.3) is 11.1 Å².